The van der Waals surface area contributed by atoms with E-state index in [0.29, 0.717) is 5.75 Å². The van der Waals surface area contributed by atoms with Gasteiger partial charge in [0.2, 0.25) is 5.91 Å². The van der Waals surface area contributed by atoms with E-state index in [1.807, 2.05) is 0 Å². The molecule has 6 nitrogen and oxygen atoms in total. The van der Waals surface area contributed by atoms with Crippen LogP contribution in [0, 0.1) is 0 Å². The zero-order chi connectivity index (χ0) is 13.0. The number of amides is 1. The van der Waals surface area contributed by atoms with E-state index in [2.05, 4.69) is 0 Å². The molecule has 0 saturated carbocycles. The number of hydrogen-bond donors (Lipinski definition) is 2. The fraction of sp³-hybridized carbons (Fsp3) is 0.273. The molecule has 0 heterocycles. The zero-order valence-electron chi connectivity index (χ0n) is 9.47. The minimum atomic E-state index is -1.10. The third-order valence-electron chi connectivity index (χ3n) is 2.06. The van der Waals surface area contributed by atoms with Crippen molar-refractivity contribution in [3.63, 3.8) is 0 Å². The number of ether oxygens (including phenoxy) is 2. The highest BCUT2D eigenvalue weighted by atomic mass is 16.5. The van der Waals surface area contributed by atoms with Gasteiger partial charge in [0.1, 0.15) is 11.5 Å². The van der Waals surface area contributed by atoms with E-state index in [1.165, 1.54) is 32.2 Å². The molecular weight excluding hydrogens is 226 g/mol. The topological polar surface area (TPSA) is 98.8 Å². The molecule has 92 valence electrons. The van der Waals surface area contributed by atoms with Crippen LogP contribution in [-0.4, -0.2) is 30.2 Å². The normalized spacial score (nSPS) is 11.6. The second kappa shape index (κ2) is 5.20. The van der Waals surface area contributed by atoms with Gasteiger partial charge in [-0.1, -0.05) is 0 Å². The fourth-order valence-electron chi connectivity index (χ4n) is 1.15. The van der Waals surface area contributed by atoms with Crippen LogP contribution in [0.25, 0.3) is 0 Å². The summed E-state index contributed by atoms with van der Waals surface area (Å²) in [6, 6.07) is 4.29. The second-order valence-electron chi connectivity index (χ2n) is 3.36. The molecule has 0 spiro atoms. The molecule has 0 saturated heterocycles. The number of carboxylic acid groups (broad SMARTS) is 1. The van der Waals surface area contributed by atoms with Crippen molar-refractivity contribution >= 4 is 11.9 Å². The van der Waals surface area contributed by atoms with E-state index in [0.717, 1.165) is 0 Å². The Hall–Kier alpha value is -2.24. The molecule has 0 aromatic heterocycles. The molecule has 1 amide bonds. The Morgan fingerprint density at radius 1 is 1.29 bits per heavy atom. The lowest BCUT2D eigenvalue weighted by atomic mass is 10.2. The lowest BCUT2D eigenvalue weighted by molar-refractivity contribution is -0.144. The van der Waals surface area contributed by atoms with Crippen molar-refractivity contribution in [1.29, 1.82) is 0 Å². The summed E-state index contributed by atoms with van der Waals surface area (Å²) in [4.78, 5) is 21.7. The molecule has 1 rings (SSSR count). The molecule has 17 heavy (non-hydrogen) atoms. The third kappa shape index (κ3) is 3.37. The maximum absolute atomic E-state index is 11.0. The molecule has 1 atom stereocenters. The molecule has 1 aromatic rings. The van der Waals surface area contributed by atoms with E-state index in [4.69, 9.17) is 20.3 Å². The summed E-state index contributed by atoms with van der Waals surface area (Å²) in [5.74, 6) is -1.16. The van der Waals surface area contributed by atoms with Crippen LogP contribution < -0.4 is 15.2 Å². The summed E-state index contributed by atoms with van der Waals surface area (Å²) in [6.45, 7) is 1.38. The van der Waals surface area contributed by atoms with Crippen molar-refractivity contribution < 1.29 is 24.2 Å². The van der Waals surface area contributed by atoms with Gasteiger partial charge in [0.25, 0.3) is 0 Å². The van der Waals surface area contributed by atoms with E-state index in [9.17, 15) is 9.59 Å². The number of carboxylic acids is 1. The first-order chi connectivity index (χ1) is 7.93. The molecule has 1 unspecified atom stereocenters. The van der Waals surface area contributed by atoms with Gasteiger partial charge < -0.3 is 20.3 Å². The van der Waals surface area contributed by atoms with Crippen LogP contribution in [-0.2, 0) is 4.79 Å². The van der Waals surface area contributed by atoms with E-state index >= 15 is 0 Å². The van der Waals surface area contributed by atoms with Crippen LogP contribution in [0.5, 0.6) is 11.5 Å². The number of rotatable bonds is 5. The van der Waals surface area contributed by atoms with Gasteiger partial charge in [-0.25, -0.2) is 4.79 Å². The van der Waals surface area contributed by atoms with Gasteiger partial charge in [-0.3, -0.25) is 4.79 Å². The number of carbonyl (C=O) groups excluding carboxylic acids is 1. The summed E-state index contributed by atoms with van der Waals surface area (Å²) in [5, 5.41) is 8.70. The van der Waals surface area contributed by atoms with E-state index < -0.39 is 18.0 Å². The Bertz CT molecular complexity index is 443. The van der Waals surface area contributed by atoms with Crippen molar-refractivity contribution in [2.75, 3.05) is 7.11 Å². The third-order valence-corrected chi connectivity index (χ3v) is 2.06. The first-order valence-electron chi connectivity index (χ1n) is 4.82. The Kier molecular flexibility index (Phi) is 3.92. The summed E-state index contributed by atoms with van der Waals surface area (Å²) < 4.78 is 10.1. The molecule has 0 aliphatic heterocycles. The van der Waals surface area contributed by atoms with Crippen molar-refractivity contribution in [2.45, 2.75) is 13.0 Å². The number of aliphatic carboxylic acids is 1. The van der Waals surface area contributed by atoms with Crippen molar-refractivity contribution in [2.24, 2.45) is 5.73 Å². The lowest BCUT2D eigenvalue weighted by Crippen LogP contribution is -2.23. The minimum Gasteiger partial charge on any atom is -0.497 e. The first kappa shape index (κ1) is 12.8. The molecular formula is C11H13NO5. The van der Waals surface area contributed by atoms with Gasteiger partial charge in [0.15, 0.2) is 6.10 Å². The summed E-state index contributed by atoms with van der Waals surface area (Å²) >= 11 is 0. The monoisotopic (exact) mass is 239 g/mol. The molecule has 0 radical (unpaired) electrons. The molecule has 1 aromatic carbocycles. The Morgan fingerprint density at radius 2 is 1.88 bits per heavy atom. The van der Waals surface area contributed by atoms with Crippen LogP contribution in [0.15, 0.2) is 18.2 Å². The van der Waals surface area contributed by atoms with Gasteiger partial charge in [-0.15, -0.1) is 0 Å². The molecule has 6 heteroatoms. The van der Waals surface area contributed by atoms with Crippen LogP contribution in [0.3, 0.4) is 0 Å². The fourth-order valence-corrected chi connectivity index (χ4v) is 1.15. The number of nitrogens with two attached hydrogens (primary N) is 1. The molecule has 0 aliphatic rings. The smallest absolute Gasteiger partial charge is 0.344 e. The largest absolute Gasteiger partial charge is 0.497 e. The summed E-state index contributed by atoms with van der Waals surface area (Å²) in [6.07, 6.45) is -1.03. The average molecular weight is 239 g/mol. The average Bonchev–Trinajstić information content (AvgIpc) is 2.28. The standard InChI is InChI=1S/C11H13NO5/c1-6(11(14)15)17-9-4-7(10(12)13)3-8(5-9)16-2/h3-6H,1-2H3,(H2,12,13)(H,14,15). The lowest BCUT2D eigenvalue weighted by Gasteiger charge is -2.12. The molecule has 0 aliphatic carbocycles. The quantitative estimate of drug-likeness (QED) is 0.785. The second-order valence-corrected chi connectivity index (χ2v) is 3.36. The molecule has 0 bridgehead atoms. The number of primary amides is 1. The van der Waals surface area contributed by atoms with Gasteiger partial charge >= 0.3 is 5.97 Å². The van der Waals surface area contributed by atoms with Crippen LogP contribution in [0.2, 0.25) is 0 Å². The van der Waals surface area contributed by atoms with Gasteiger partial charge in [0, 0.05) is 11.6 Å². The number of carbonyl (C=O) groups is 2. The van der Waals surface area contributed by atoms with Crippen LogP contribution in [0.1, 0.15) is 17.3 Å². The van der Waals surface area contributed by atoms with Crippen molar-refractivity contribution in [1.82, 2.24) is 0 Å². The van der Waals surface area contributed by atoms with Crippen LogP contribution in [0.4, 0.5) is 0 Å². The molecule has 3 N–H and O–H groups in total. The van der Waals surface area contributed by atoms with Gasteiger partial charge in [-0.2, -0.15) is 0 Å². The highest BCUT2D eigenvalue weighted by molar-refractivity contribution is 5.93. The van der Waals surface area contributed by atoms with Crippen LogP contribution >= 0.6 is 0 Å². The summed E-state index contributed by atoms with van der Waals surface area (Å²) in [7, 11) is 1.42. The maximum Gasteiger partial charge on any atom is 0.344 e. The predicted octanol–water partition coefficient (Wildman–Crippen LogP) is 0.646. The number of hydrogen-bond acceptors (Lipinski definition) is 4. The van der Waals surface area contributed by atoms with Gasteiger partial charge in [-0.05, 0) is 19.1 Å². The Morgan fingerprint density at radius 3 is 2.35 bits per heavy atom. The Balaban J connectivity index is 3.02. The predicted molar refractivity (Wildman–Crippen MR) is 59.2 cm³/mol. The van der Waals surface area contributed by atoms with E-state index in [1.54, 1.807) is 0 Å². The van der Waals surface area contributed by atoms with Crippen molar-refractivity contribution in [3.05, 3.63) is 23.8 Å². The minimum absolute atomic E-state index is 0.192. The molecule has 0 fully saturated rings. The number of benzene rings is 1. The van der Waals surface area contributed by atoms with Crippen molar-refractivity contribution in [3.8, 4) is 11.5 Å². The SMILES string of the molecule is COc1cc(OC(C)C(=O)O)cc(C(N)=O)c1. The van der Waals surface area contributed by atoms with E-state index in [-0.39, 0.29) is 11.3 Å². The Labute approximate surface area is 97.9 Å². The van der Waals surface area contributed by atoms with Gasteiger partial charge in [0.05, 0.1) is 7.11 Å². The highest BCUT2D eigenvalue weighted by Crippen LogP contribution is 2.23. The maximum atomic E-state index is 11.0. The highest BCUT2D eigenvalue weighted by Gasteiger charge is 2.14. The zero-order valence-corrected chi connectivity index (χ0v) is 9.47. The summed E-state index contributed by atoms with van der Waals surface area (Å²) in [5.41, 5.74) is 5.32. The first-order valence-corrected chi connectivity index (χ1v) is 4.82. The number of methoxy groups -OCH3 is 1.